The molecule has 1 saturated carbocycles. The molecule has 1 aliphatic heterocycles. The average molecular weight is 470 g/mol. The van der Waals surface area contributed by atoms with Crippen LogP contribution >= 0.6 is 0 Å². The predicted molar refractivity (Wildman–Crippen MR) is 124 cm³/mol. The summed E-state index contributed by atoms with van der Waals surface area (Å²) in [5.41, 5.74) is -1.06. The lowest BCUT2D eigenvalue weighted by molar-refractivity contribution is -0.137. The second-order valence-corrected chi connectivity index (χ2v) is 9.45. The topological polar surface area (TPSA) is 54.3 Å². The van der Waals surface area contributed by atoms with E-state index in [0.29, 0.717) is 5.69 Å². The molecule has 2 heterocycles. The fourth-order valence-electron chi connectivity index (χ4n) is 5.26. The maximum Gasteiger partial charge on any atom is 0.416 e. The van der Waals surface area contributed by atoms with E-state index in [-0.39, 0.29) is 24.2 Å². The number of carbonyl (C=O) groups excluding carboxylic acids is 2. The number of para-hydroxylation sites is 1. The van der Waals surface area contributed by atoms with Gasteiger partial charge in [0.2, 0.25) is 5.91 Å². The maximum absolute atomic E-state index is 13.8. The van der Waals surface area contributed by atoms with E-state index in [2.05, 4.69) is 5.32 Å². The number of alkyl halides is 3. The molecule has 5 rings (SSSR count). The number of halogens is 3. The lowest BCUT2D eigenvalue weighted by atomic mass is 9.90. The Bertz CT molecular complexity index is 1260. The van der Waals surface area contributed by atoms with Gasteiger partial charge in [-0.1, -0.05) is 43.5 Å². The molecule has 1 unspecified atom stereocenters. The van der Waals surface area contributed by atoms with E-state index in [9.17, 15) is 22.8 Å². The van der Waals surface area contributed by atoms with E-state index in [1.54, 1.807) is 13.0 Å². The van der Waals surface area contributed by atoms with Gasteiger partial charge in [-0.25, -0.2) is 0 Å². The number of hydrogen-bond acceptors (Lipinski definition) is 2. The second kappa shape index (κ2) is 8.18. The summed E-state index contributed by atoms with van der Waals surface area (Å²) in [7, 11) is 0. The highest BCUT2D eigenvalue weighted by Gasteiger charge is 2.49. The molecule has 2 amide bonds. The van der Waals surface area contributed by atoms with Gasteiger partial charge in [0.1, 0.15) is 11.2 Å². The number of anilines is 1. The molecule has 0 radical (unpaired) electrons. The minimum atomic E-state index is -4.56. The Kier molecular flexibility index (Phi) is 5.41. The Balaban J connectivity index is 1.63. The number of nitrogens with zero attached hydrogens (tertiary/aromatic N) is 2. The van der Waals surface area contributed by atoms with Gasteiger partial charge in [-0.05, 0) is 50.1 Å². The largest absolute Gasteiger partial charge is 0.416 e. The zero-order chi connectivity index (χ0) is 24.1. The van der Waals surface area contributed by atoms with Gasteiger partial charge in [0.05, 0.1) is 12.1 Å². The van der Waals surface area contributed by atoms with Crippen molar-refractivity contribution in [3.8, 4) is 0 Å². The zero-order valence-electron chi connectivity index (χ0n) is 18.9. The van der Waals surface area contributed by atoms with E-state index in [0.717, 1.165) is 55.1 Å². The zero-order valence-corrected chi connectivity index (χ0v) is 18.9. The summed E-state index contributed by atoms with van der Waals surface area (Å²) in [6, 6.07) is 13.9. The van der Waals surface area contributed by atoms with Crippen molar-refractivity contribution in [2.45, 2.75) is 63.3 Å². The second-order valence-electron chi connectivity index (χ2n) is 9.45. The van der Waals surface area contributed by atoms with E-state index in [1.807, 2.05) is 28.8 Å². The number of aromatic nitrogens is 1. The Hall–Kier alpha value is -3.29. The fourth-order valence-corrected chi connectivity index (χ4v) is 5.26. The van der Waals surface area contributed by atoms with E-state index in [1.165, 1.54) is 17.0 Å². The molecular formula is C26H26F3N3O2. The molecule has 2 aromatic carbocycles. The van der Waals surface area contributed by atoms with Gasteiger partial charge in [-0.3, -0.25) is 14.5 Å². The highest BCUT2D eigenvalue weighted by atomic mass is 19.4. The van der Waals surface area contributed by atoms with Crippen LogP contribution in [0.25, 0.3) is 10.9 Å². The fraction of sp³-hybridized carbons (Fsp3) is 0.385. The summed E-state index contributed by atoms with van der Waals surface area (Å²) >= 11 is 0. The molecule has 0 spiro atoms. The molecule has 1 N–H and O–H groups in total. The van der Waals surface area contributed by atoms with Crippen molar-refractivity contribution >= 4 is 28.4 Å². The standard InChI is InChI=1S/C26H26F3N3O2/c1-25(24(34)30-19-10-3-2-4-11-19)16-31-21-13-6-5-8-17(21)14-22(31)23(33)32(25)20-12-7-9-18(15-20)26(27,28)29/h5-9,12-15,19H,2-4,10-11,16H2,1H3,(H,30,34). The first-order valence-corrected chi connectivity index (χ1v) is 11.6. The predicted octanol–water partition coefficient (Wildman–Crippen LogP) is 5.53. The van der Waals surface area contributed by atoms with Crippen molar-refractivity contribution in [1.82, 2.24) is 9.88 Å². The number of carbonyl (C=O) groups is 2. The van der Waals surface area contributed by atoms with Gasteiger partial charge < -0.3 is 9.88 Å². The summed E-state index contributed by atoms with van der Waals surface area (Å²) in [5, 5.41) is 3.94. The van der Waals surface area contributed by atoms with Gasteiger partial charge in [0.15, 0.2) is 0 Å². The highest BCUT2D eigenvalue weighted by Crippen LogP contribution is 2.38. The van der Waals surface area contributed by atoms with Crippen LogP contribution in [0.4, 0.5) is 18.9 Å². The van der Waals surface area contributed by atoms with Crippen molar-refractivity contribution in [1.29, 1.82) is 0 Å². The molecule has 5 nitrogen and oxygen atoms in total. The quantitative estimate of drug-likeness (QED) is 0.549. The SMILES string of the molecule is CC1(C(=O)NC2CCCCC2)Cn2c(cc3ccccc32)C(=O)N1c1cccc(C(F)(F)F)c1. The first-order valence-electron chi connectivity index (χ1n) is 11.6. The number of rotatable bonds is 3. The minimum Gasteiger partial charge on any atom is -0.351 e. The lowest BCUT2D eigenvalue weighted by Crippen LogP contribution is -2.65. The van der Waals surface area contributed by atoms with Crippen molar-refractivity contribution in [3.63, 3.8) is 0 Å². The molecule has 1 aliphatic carbocycles. The summed E-state index contributed by atoms with van der Waals surface area (Å²) < 4.78 is 42.3. The Labute approximate surface area is 195 Å². The molecule has 0 saturated heterocycles. The lowest BCUT2D eigenvalue weighted by Gasteiger charge is -2.45. The molecule has 2 aliphatic rings. The number of hydrogen-bond donors (Lipinski definition) is 1. The number of nitrogens with one attached hydrogen (secondary N) is 1. The first kappa shape index (κ1) is 22.5. The number of benzene rings is 2. The number of fused-ring (bicyclic) bond motifs is 3. The monoisotopic (exact) mass is 469 g/mol. The third-order valence-corrected chi connectivity index (χ3v) is 7.05. The maximum atomic E-state index is 13.8. The van der Waals surface area contributed by atoms with Crippen LogP contribution in [0.2, 0.25) is 0 Å². The Morgan fingerprint density at radius 2 is 1.76 bits per heavy atom. The summed E-state index contributed by atoms with van der Waals surface area (Å²) in [4.78, 5) is 28.8. The highest BCUT2D eigenvalue weighted by molar-refractivity contribution is 6.14. The molecule has 1 aromatic heterocycles. The van der Waals surface area contributed by atoms with Crippen LogP contribution in [0.1, 0.15) is 55.1 Å². The van der Waals surface area contributed by atoms with Gasteiger partial charge in [-0.15, -0.1) is 0 Å². The van der Waals surface area contributed by atoms with Crippen molar-refractivity contribution in [3.05, 3.63) is 65.9 Å². The van der Waals surface area contributed by atoms with Crippen molar-refractivity contribution < 1.29 is 22.8 Å². The molecule has 1 atom stereocenters. The van der Waals surface area contributed by atoms with Gasteiger partial charge in [0.25, 0.3) is 5.91 Å². The summed E-state index contributed by atoms with van der Waals surface area (Å²) in [5.74, 6) is -0.850. The van der Waals surface area contributed by atoms with Gasteiger partial charge in [0, 0.05) is 22.6 Å². The van der Waals surface area contributed by atoms with Gasteiger partial charge in [-0.2, -0.15) is 13.2 Å². The molecular weight excluding hydrogens is 443 g/mol. The first-order chi connectivity index (χ1) is 16.2. The molecule has 8 heteroatoms. The Morgan fingerprint density at radius 1 is 1.03 bits per heavy atom. The molecule has 178 valence electrons. The van der Waals surface area contributed by atoms with Crippen LogP contribution in [-0.2, 0) is 17.5 Å². The van der Waals surface area contributed by atoms with E-state index < -0.39 is 23.2 Å². The number of amides is 2. The third kappa shape index (κ3) is 3.75. The van der Waals surface area contributed by atoms with Gasteiger partial charge >= 0.3 is 6.18 Å². The third-order valence-electron chi connectivity index (χ3n) is 7.05. The van der Waals surface area contributed by atoms with Crippen molar-refractivity contribution in [2.75, 3.05) is 4.90 Å². The average Bonchev–Trinajstić information content (AvgIpc) is 3.18. The normalized spacial score (nSPS) is 21.5. The Morgan fingerprint density at radius 3 is 2.50 bits per heavy atom. The molecule has 3 aromatic rings. The summed E-state index contributed by atoms with van der Waals surface area (Å²) in [6.07, 6.45) is 0.310. The van der Waals surface area contributed by atoms with Crippen LogP contribution in [0, 0.1) is 0 Å². The smallest absolute Gasteiger partial charge is 0.351 e. The van der Waals surface area contributed by atoms with Crippen LogP contribution in [0.3, 0.4) is 0 Å². The van der Waals surface area contributed by atoms with Crippen LogP contribution in [0.5, 0.6) is 0 Å². The molecule has 34 heavy (non-hydrogen) atoms. The summed E-state index contributed by atoms with van der Waals surface area (Å²) in [6.45, 7) is 1.78. The van der Waals surface area contributed by atoms with Crippen LogP contribution in [-0.4, -0.2) is 28.0 Å². The van der Waals surface area contributed by atoms with Crippen molar-refractivity contribution in [2.24, 2.45) is 0 Å². The minimum absolute atomic E-state index is 0.000611. The van der Waals surface area contributed by atoms with Crippen LogP contribution < -0.4 is 10.2 Å². The molecule has 1 fully saturated rings. The molecule has 0 bridgehead atoms. The van der Waals surface area contributed by atoms with Crippen LogP contribution in [0.15, 0.2) is 54.6 Å². The van der Waals surface area contributed by atoms with E-state index in [4.69, 9.17) is 0 Å². The van der Waals surface area contributed by atoms with E-state index >= 15 is 0 Å².